The van der Waals surface area contributed by atoms with E-state index in [1.807, 2.05) is 25.7 Å². The summed E-state index contributed by atoms with van der Waals surface area (Å²) in [4.78, 5) is 14.2. The monoisotopic (exact) mass is 437 g/mol. The summed E-state index contributed by atoms with van der Waals surface area (Å²) >= 11 is 2.42. The predicted molar refractivity (Wildman–Crippen MR) is 101 cm³/mol. The number of likely N-dealkylation sites (tertiary alicyclic amines) is 1. The fourth-order valence-electron chi connectivity index (χ4n) is 3.52. The summed E-state index contributed by atoms with van der Waals surface area (Å²) in [6.45, 7) is 9.52. The Morgan fingerprint density at radius 2 is 1.91 bits per heavy atom. The Hall–Kier alpha value is -0.0400. The van der Waals surface area contributed by atoms with Crippen LogP contribution in [0.1, 0.15) is 66.2 Å². The van der Waals surface area contributed by atoms with Crippen molar-refractivity contribution in [2.24, 2.45) is 5.92 Å². The maximum absolute atomic E-state index is 12.4. The molecule has 1 saturated heterocycles. The van der Waals surface area contributed by atoms with Crippen LogP contribution in [0.4, 0.5) is 4.79 Å². The van der Waals surface area contributed by atoms with Crippen LogP contribution in [-0.4, -0.2) is 45.8 Å². The van der Waals surface area contributed by atoms with Crippen LogP contribution in [0.15, 0.2) is 0 Å². The molecule has 0 aromatic rings. The molecule has 2 aliphatic rings. The van der Waals surface area contributed by atoms with Gasteiger partial charge in [-0.3, -0.25) is 0 Å². The van der Waals surface area contributed by atoms with Gasteiger partial charge in [-0.2, -0.15) is 0 Å². The predicted octanol–water partition coefficient (Wildman–Crippen LogP) is 4.79. The topological polar surface area (TPSA) is 38.8 Å². The average Bonchev–Trinajstić information content (AvgIpc) is 2.48. The lowest BCUT2D eigenvalue weighted by Gasteiger charge is -2.44. The summed E-state index contributed by atoms with van der Waals surface area (Å²) in [5.41, 5.74) is -0.636. The molecule has 1 atom stereocenters. The second-order valence-corrected chi connectivity index (χ2v) is 9.08. The van der Waals surface area contributed by atoms with Crippen LogP contribution in [0.25, 0.3) is 0 Å². The van der Waals surface area contributed by atoms with Crippen LogP contribution in [-0.2, 0) is 9.47 Å². The Morgan fingerprint density at radius 3 is 2.48 bits per heavy atom. The molecule has 0 aromatic carbocycles. The molecule has 1 amide bonds. The maximum Gasteiger partial charge on any atom is 0.410 e. The molecule has 0 radical (unpaired) electrons. The van der Waals surface area contributed by atoms with E-state index in [2.05, 4.69) is 29.5 Å². The van der Waals surface area contributed by atoms with Crippen molar-refractivity contribution in [3.05, 3.63) is 0 Å². The summed E-state index contributed by atoms with van der Waals surface area (Å²) in [6, 6.07) is 0. The minimum Gasteiger partial charge on any atom is -0.444 e. The van der Waals surface area contributed by atoms with E-state index in [1.54, 1.807) is 0 Å². The van der Waals surface area contributed by atoms with Gasteiger partial charge in [0.2, 0.25) is 0 Å². The van der Waals surface area contributed by atoms with E-state index in [4.69, 9.17) is 9.47 Å². The van der Waals surface area contributed by atoms with Gasteiger partial charge in [0.1, 0.15) is 5.60 Å². The molecule has 5 heteroatoms. The highest BCUT2D eigenvalue weighted by atomic mass is 127. The Bertz CT molecular complexity index is 402. The van der Waals surface area contributed by atoms with Crippen molar-refractivity contribution in [2.45, 2.75) is 83.5 Å². The molecular formula is C18H32INO3. The first kappa shape index (κ1) is 19.3. The van der Waals surface area contributed by atoms with E-state index in [-0.39, 0.29) is 11.7 Å². The molecule has 1 aliphatic heterocycles. The van der Waals surface area contributed by atoms with Crippen molar-refractivity contribution in [1.29, 1.82) is 0 Å². The number of amides is 1. The first-order valence-electron chi connectivity index (χ1n) is 8.95. The van der Waals surface area contributed by atoms with Crippen molar-refractivity contribution >= 4 is 28.7 Å². The van der Waals surface area contributed by atoms with Crippen LogP contribution in [0.2, 0.25) is 0 Å². The van der Waals surface area contributed by atoms with E-state index in [1.165, 1.54) is 12.8 Å². The van der Waals surface area contributed by atoms with Gasteiger partial charge in [-0.05, 0) is 65.2 Å². The number of rotatable bonds is 3. The molecule has 134 valence electrons. The fourth-order valence-corrected chi connectivity index (χ4v) is 4.32. The van der Waals surface area contributed by atoms with Gasteiger partial charge in [-0.1, -0.05) is 29.5 Å². The molecule has 1 saturated carbocycles. The van der Waals surface area contributed by atoms with E-state index < -0.39 is 5.60 Å². The van der Waals surface area contributed by atoms with Crippen LogP contribution >= 0.6 is 22.6 Å². The molecule has 0 spiro atoms. The number of hydrogen-bond donors (Lipinski definition) is 0. The number of carbonyl (C=O) groups excluding carboxylic acids is 1. The van der Waals surface area contributed by atoms with Crippen LogP contribution < -0.4 is 0 Å². The molecular weight excluding hydrogens is 405 g/mol. The SMILES string of the molecule is CC1CCC(OC2(CI)CCCN(C(=O)OC(C)(C)C)C2)CC1. The highest BCUT2D eigenvalue weighted by Gasteiger charge is 2.40. The van der Waals surface area contributed by atoms with Crippen molar-refractivity contribution in [3.8, 4) is 0 Å². The average molecular weight is 437 g/mol. The summed E-state index contributed by atoms with van der Waals surface area (Å²) in [5.74, 6) is 0.829. The Kier molecular flexibility index (Phi) is 6.62. The van der Waals surface area contributed by atoms with Crippen LogP contribution in [0.5, 0.6) is 0 Å². The third kappa shape index (κ3) is 5.76. The van der Waals surface area contributed by atoms with Crippen molar-refractivity contribution < 1.29 is 14.3 Å². The van der Waals surface area contributed by atoms with Crippen LogP contribution in [0.3, 0.4) is 0 Å². The molecule has 2 rings (SSSR count). The molecule has 4 nitrogen and oxygen atoms in total. The summed E-state index contributed by atoms with van der Waals surface area (Å²) in [5, 5.41) is 0. The number of alkyl halides is 1. The van der Waals surface area contributed by atoms with Gasteiger partial charge in [0.05, 0.1) is 18.2 Å². The van der Waals surface area contributed by atoms with E-state index >= 15 is 0 Å². The molecule has 0 bridgehead atoms. The molecule has 1 heterocycles. The molecule has 23 heavy (non-hydrogen) atoms. The maximum atomic E-state index is 12.4. The molecule has 2 fully saturated rings. The van der Waals surface area contributed by atoms with Gasteiger partial charge in [-0.15, -0.1) is 0 Å². The van der Waals surface area contributed by atoms with E-state index in [9.17, 15) is 4.79 Å². The Morgan fingerprint density at radius 1 is 1.26 bits per heavy atom. The quantitative estimate of drug-likeness (QED) is 0.471. The third-order valence-corrected chi connectivity index (χ3v) is 6.20. The van der Waals surface area contributed by atoms with Crippen molar-refractivity contribution in [1.82, 2.24) is 4.90 Å². The summed E-state index contributed by atoms with van der Waals surface area (Å²) in [7, 11) is 0. The molecule has 1 unspecified atom stereocenters. The van der Waals surface area contributed by atoms with Crippen LogP contribution in [0, 0.1) is 5.92 Å². The van der Waals surface area contributed by atoms with Gasteiger partial charge in [-0.25, -0.2) is 4.79 Å². The highest BCUT2D eigenvalue weighted by Crippen LogP contribution is 2.34. The second kappa shape index (κ2) is 7.89. The van der Waals surface area contributed by atoms with Gasteiger partial charge in [0.15, 0.2) is 0 Å². The lowest BCUT2D eigenvalue weighted by atomic mass is 9.87. The number of nitrogens with zero attached hydrogens (tertiary/aromatic N) is 1. The molecule has 0 aromatic heterocycles. The summed E-state index contributed by atoms with van der Waals surface area (Å²) < 4.78 is 13.0. The minimum absolute atomic E-state index is 0.193. The number of carbonyl (C=O) groups is 1. The van der Waals surface area contributed by atoms with Crippen molar-refractivity contribution in [2.75, 3.05) is 17.5 Å². The zero-order valence-electron chi connectivity index (χ0n) is 15.1. The normalized spacial score (nSPS) is 32.7. The third-order valence-electron chi connectivity index (χ3n) is 4.81. The number of piperidine rings is 1. The van der Waals surface area contributed by atoms with Gasteiger partial charge >= 0.3 is 6.09 Å². The lowest BCUT2D eigenvalue weighted by Crippen LogP contribution is -2.55. The van der Waals surface area contributed by atoms with Gasteiger partial charge < -0.3 is 14.4 Å². The van der Waals surface area contributed by atoms with E-state index in [0.29, 0.717) is 12.6 Å². The Balaban J connectivity index is 1.96. The Labute approximate surface area is 154 Å². The lowest BCUT2D eigenvalue weighted by molar-refractivity contribution is -0.123. The van der Waals surface area contributed by atoms with Gasteiger partial charge in [0, 0.05) is 11.0 Å². The minimum atomic E-state index is -0.443. The zero-order chi connectivity index (χ0) is 17.1. The fraction of sp³-hybridized carbons (Fsp3) is 0.944. The molecule has 1 aliphatic carbocycles. The summed E-state index contributed by atoms with van der Waals surface area (Å²) in [6.07, 6.45) is 7.03. The number of halogens is 1. The second-order valence-electron chi connectivity index (χ2n) is 8.32. The number of hydrogen-bond acceptors (Lipinski definition) is 3. The first-order chi connectivity index (χ1) is 10.7. The highest BCUT2D eigenvalue weighted by molar-refractivity contribution is 14.1. The van der Waals surface area contributed by atoms with E-state index in [0.717, 1.165) is 42.6 Å². The standard InChI is InChI=1S/C18H32INO3/c1-14-6-8-15(9-7-14)22-18(12-19)10-5-11-20(13-18)16(21)23-17(2,3)4/h14-15H,5-13H2,1-4H3. The van der Waals surface area contributed by atoms with Crippen molar-refractivity contribution in [3.63, 3.8) is 0 Å². The molecule has 0 N–H and O–H groups in total. The smallest absolute Gasteiger partial charge is 0.410 e. The zero-order valence-corrected chi connectivity index (χ0v) is 17.2. The first-order valence-corrected chi connectivity index (χ1v) is 10.5. The largest absolute Gasteiger partial charge is 0.444 e. The number of ether oxygens (including phenoxy) is 2. The van der Waals surface area contributed by atoms with Gasteiger partial charge in [0.25, 0.3) is 0 Å².